The second-order valence-electron chi connectivity index (χ2n) is 9.36. The highest BCUT2D eigenvalue weighted by molar-refractivity contribution is 9.10. The summed E-state index contributed by atoms with van der Waals surface area (Å²) in [5.74, 6) is -3.71. The van der Waals surface area contributed by atoms with Gasteiger partial charge in [-0.1, -0.05) is 39.7 Å². The van der Waals surface area contributed by atoms with Gasteiger partial charge in [-0.3, -0.25) is 19.2 Å². The van der Waals surface area contributed by atoms with Crippen LogP contribution in [0.2, 0.25) is 5.02 Å². The lowest BCUT2D eigenvalue weighted by Gasteiger charge is -2.30. The predicted octanol–water partition coefficient (Wildman–Crippen LogP) is 5.51. The summed E-state index contributed by atoms with van der Waals surface area (Å²) in [6.07, 6.45) is 4.47. The van der Waals surface area contributed by atoms with Crippen molar-refractivity contribution >= 4 is 57.0 Å². The zero-order chi connectivity index (χ0) is 28.4. The first-order valence-corrected chi connectivity index (χ1v) is 13.6. The maximum absolute atomic E-state index is 13.5. The average molecular weight is 622 g/mol. The highest BCUT2D eigenvalue weighted by Gasteiger charge is 2.51. The molecule has 0 spiro atoms. The summed E-state index contributed by atoms with van der Waals surface area (Å²) in [6.45, 7) is -0.552. The fraction of sp³-hybridized carbons (Fsp3) is 0.167. The van der Waals surface area contributed by atoms with Gasteiger partial charge in [-0.25, -0.2) is 9.80 Å². The van der Waals surface area contributed by atoms with Crippen molar-refractivity contribution in [1.29, 1.82) is 0 Å². The lowest BCUT2D eigenvalue weighted by atomic mass is 9.85. The van der Waals surface area contributed by atoms with Crippen LogP contribution in [0, 0.1) is 11.8 Å². The SMILES string of the molecule is O=C(CN(C(=O)c1ccc(Cl)cc1)N1C(=O)[C@H]2CC=CC[C@@H]2C1=O)c1ccc(OC(=O)c2ccc(Br)cc2)cc1. The molecule has 0 radical (unpaired) electrons. The van der Waals surface area contributed by atoms with Crippen LogP contribution in [-0.4, -0.2) is 46.0 Å². The Morgan fingerprint density at radius 2 is 1.32 bits per heavy atom. The van der Waals surface area contributed by atoms with Gasteiger partial charge in [0, 0.05) is 20.6 Å². The Morgan fingerprint density at radius 1 is 0.800 bits per heavy atom. The van der Waals surface area contributed by atoms with Crippen LogP contribution in [-0.2, 0) is 9.59 Å². The number of Topliss-reactive ketones (excluding diaryl/α,β-unsaturated/α-hetero) is 1. The van der Waals surface area contributed by atoms with Gasteiger partial charge in [0.1, 0.15) is 12.3 Å². The normalized spacial score (nSPS) is 17.9. The number of amides is 3. The lowest BCUT2D eigenvalue weighted by molar-refractivity contribution is -0.154. The van der Waals surface area contributed by atoms with Gasteiger partial charge in [-0.05, 0) is 85.6 Å². The molecule has 1 heterocycles. The second-order valence-corrected chi connectivity index (χ2v) is 10.7. The number of allylic oxidation sites excluding steroid dienone is 2. The van der Waals surface area contributed by atoms with Crippen molar-refractivity contribution in [3.05, 3.63) is 111 Å². The summed E-state index contributed by atoms with van der Waals surface area (Å²) in [7, 11) is 0. The second kappa shape index (κ2) is 11.6. The van der Waals surface area contributed by atoms with E-state index >= 15 is 0 Å². The number of esters is 1. The van der Waals surface area contributed by atoms with E-state index in [-0.39, 0.29) is 16.9 Å². The van der Waals surface area contributed by atoms with Crippen LogP contribution in [0.3, 0.4) is 0 Å². The van der Waals surface area contributed by atoms with E-state index in [4.69, 9.17) is 16.3 Å². The van der Waals surface area contributed by atoms with E-state index in [2.05, 4.69) is 15.9 Å². The molecule has 0 unspecified atom stereocenters. The molecule has 3 aromatic rings. The van der Waals surface area contributed by atoms with Crippen molar-refractivity contribution in [1.82, 2.24) is 10.0 Å². The van der Waals surface area contributed by atoms with Gasteiger partial charge in [0.25, 0.3) is 17.7 Å². The van der Waals surface area contributed by atoms with Crippen LogP contribution in [0.4, 0.5) is 0 Å². The summed E-state index contributed by atoms with van der Waals surface area (Å²) < 4.78 is 6.20. The lowest BCUT2D eigenvalue weighted by Crippen LogP contribution is -2.52. The van der Waals surface area contributed by atoms with E-state index in [1.807, 2.05) is 12.2 Å². The number of nitrogens with zero attached hydrogens (tertiary/aromatic N) is 2. The Bertz CT molecular complexity index is 1490. The van der Waals surface area contributed by atoms with Crippen LogP contribution >= 0.6 is 27.5 Å². The summed E-state index contributed by atoms with van der Waals surface area (Å²) >= 11 is 9.28. The van der Waals surface area contributed by atoms with Gasteiger partial charge in [0.15, 0.2) is 5.78 Å². The first kappa shape index (κ1) is 27.5. The zero-order valence-corrected chi connectivity index (χ0v) is 23.3. The number of hydrazine groups is 1. The molecule has 1 aliphatic heterocycles. The highest BCUT2D eigenvalue weighted by Crippen LogP contribution is 2.36. The first-order chi connectivity index (χ1) is 19.2. The van der Waals surface area contributed by atoms with Gasteiger partial charge < -0.3 is 4.74 Å². The topological polar surface area (TPSA) is 101 Å². The number of carbonyl (C=O) groups is 5. The summed E-state index contributed by atoms with van der Waals surface area (Å²) in [5, 5.41) is 2.15. The molecule has 2 aliphatic rings. The monoisotopic (exact) mass is 620 g/mol. The van der Waals surface area contributed by atoms with E-state index in [1.165, 1.54) is 48.5 Å². The number of hydrogen-bond donors (Lipinski definition) is 0. The largest absolute Gasteiger partial charge is 0.423 e. The van der Waals surface area contributed by atoms with Gasteiger partial charge in [0.2, 0.25) is 0 Å². The smallest absolute Gasteiger partial charge is 0.343 e. The molecule has 40 heavy (non-hydrogen) atoms. The Hall–Kier alpha value is -4.08. The molecular weight excluding hydrogens is 600 g/mol. The van der Waals surface area contributed by atoms with Crippen molar-refractivity contribution in [3.8, 4) is 5.75 Å². The standard InChI is InChI=1S/C30H22BrClN2O6/c31-21-11-5-20(6-12-21)30(39)40-23-15-9-18(10-16-23)26(35)17-33(27(36)19-7-13-22(32)14-8-19)34-28(37)24-3-1-2-4-25(24)29(34)38/h1-2,5-16,24-25H,3-4,17H2/t24-,25-/m0/s1. The Kier molecular flexibility index (Phi) is 7.95. The molecule has 202 valence electrons. The van der Waals surface area contributed by atoms with Gasteiger partial charge >= 0.3 is 5.97 Å². The van der Waals surface area contributed by atoms with Crippen molar-refractivity contribution in [2.24, 2.45) is 11.8 Å². The quantitative estimate of drug-likeness (QED) is 0.113. The number of imide groups is 1. The number of fused-ring (bicyclic) bond motifs is 1. The van der Waals surface area contributed by atoms with Crippen molar-refractivity contribution < 1.29 is 28.7 Å². The van der Waals surface area contributed by atoms with E-state index < -0.39 is 47.9 Å². The summed E-state index contributed by atoms with van der Waals surface area (Å²) in [5.41, 5.74) is 0.729. The number of benzene rings is 3. The molecule has 1 saturated heterocycles. The molecule has 0 bridgehead atoms. The Labute approximate surface area is 243 Å². The zero-order valence-electron chi connectivity index (χ0n) is 21.0. The van der Waals surface area contributed by atoms with Crippen molar-refractivity contribution in [3.63, 3.8) is 0 Å². The predicted molar refractivity (Wildman–Crippen MR) is 150 cm³/mol. The fourth-order valence-electron chi connectivity index (χ4n) is 4.68. The maximum Gasteiger partial charge on any atom is 0.343 e. The van der Waals surface area contributed by atoms with E-state index in [0.717, 1.165) is 14.5 Å². The van der Waals surface area contributed by atoms with Crippen LogP contribution < -0.4 is 4.74 Å². The molecule has 0 saturated carbocycles. The molecule has 10 heteroatoms. The van der Waals surface area contributed by atoms with E-state index in [0.29, 0.717) is 23.4 Å². The number of ether oxygens (including phenoxy) is 1. The molecule has 1 aliphatic carbocycles. The molecule has 2 atom stereocenters. The molecular formula is C30H22BrClN2O6. The molecule has 0 aromatic heterocycles. The number of carbonyl (C=O) groups excluding carboxylic acids is 5. The Morgan fingerprint density at radius 3 is 1.90 bits per heavy atom. The number of halogens is 2. The average Bonchev–Trinajstić information content (AvgIpc) is 3.22. The summed E-state index contributed by atoms with van der Waals surface area (Å²) in [4.78, 5) is 65.8. The van der Waals surface area contributed by atoms with Crippen LogP contribution in [0.15, 0.2) is 89.4 Å². The minimum atomic E-state index is -0.682. The molecule has 0 N–H and O–H groups in total. The van der Waals surface area contributed by atoms with Crippen LogP contribution in [0.25, 0.3) is 0 Å². The van der Waals surface area contributed by atoms with Crippen molar-refractivity contribution in [2.75, 3.05) is 6.54 Å². The van der Waals surface area contributed by atoms with Gasteiger partial charge in [-0.15, -0.1) is 0 Å². The summed E-state index contributed by atoms with van der Waals surface area (Å²) in [6, 6.07) is 18.5. The maximum atomic E-state index is 13.5. The van der Waals surface area contributed by atoms with E-state index in [1.54, 1.807) is 24.3 Å². The molecule has 3 aromatic carbocycles. The number of hydrogen-bond acceptors (Lipinski definition) is 6. The third kappa shape index (κ3) is 5.61. The molecule has 3 amide bonds. The highest BCUT2D eigenvalue weighted by atomic mass is 79.9. The fourth-order valence-corrected chi connectivity index (χ4v) is 5.07. The van der Waals surface area contributed by atoms with Crippen molar-refractivity contribution in [2.45, 2.75) is 12.8 Å². The molecule has 5 rings (SSSR count). The third-order valence-corrected chi connectivity index (χ3v) is 7.59. The minimum absolute atomic E-state index is 0.168. The van der Waals surface area contributed by atoms with E-state index in [9.17, 15) is 24.0 Å². The third-order valence-electron chi connectivity index (χ3n) is 6.81. The molecule has 8 nitrogen and oxygen atoms in total. The van der Waals surface area contributed by atoms with Gasteiger partial charge in [-0.2, -0.15) is 5.01 Å². The first-order valence-electron chi connectivity index (χ1n) is 12.4. The van der Waals surface area contributed by atoms with Crippen LogP contribution in [0.5, 0.6) is 5.75 Å². The number of rotatable bonds is 7. The molecule has 1 fully saturated rings. The van der Waals surface area contributed by atoms with Crippen LogP contribution in [0.1, 0.15) is 43.9 Å². The van der Waals surface area contributed by atoms with Gasteiger partial charge in [0.05, 0.1) is 17.4 Å². The minimum Gasteiger partial charge on any atom is -0.423 e. The Balaban J connectivity index is 1.36. The number of ketones is 1.